The molecule has 0 atom stereocenters. The first-order valence-corrected chi connectivity index (χ1v) is 5.02. The van der Waals surface area contributed by atoms with Gasteiger partial charge in [-0.3, -0.25) is 0 Å². The van der Waals surface area contributed by atoms with Crippen molar-refractivity contribution >= 4 is 0 Å². The van der Waals surface area contributed by atoms with Crippen molar-refractivity contribution in [2.45, 2.75) is 46.6 Å². The fourth-order valence-electron chi connectivity index (χ4n) is 0.666. The van der Waals surface area contributed by atoms with E-state index in [1.165, 1.54) is 6.42 Å². The summed E-state index contributed by atoms with van der Waals surface area (Å²) >= 11 is 0. The highest BCUT2D eigenvalue weighted by atomic mass is 15.0. The molecule has 0 fully saturated rings. The molecule has 0 rings (SSSR count). The van der Waals surface area contributed by atoms with E-state index in [1.807, 2.05) is 20.9 Å². The number of rotatable bonds is 5. The first-order chi connectivity index (χ1) is 5.62. The van der Waals surface area contributed by atoms with E-state index in [0.29, 0.717) is 0 Å². The van der Waals surface area contributed by atoms with E-state index >= 15 is 0 Å². The lowest BCUT2D eigenvalue weighted by Gasteiger charge is -2.24. The minimum atomic E-state index is 0.231. The molecule has 0 aromatic heterocycles. The van der Waals surface area contributed by atoms with Crippen molar-refractivity contribution in [1.82, 2.24) is 10.6 Å². The van der Waals surface area contributed by atoms with Gasteiger partial charge in [-0.15, -0.1) is 0 Å². The topological polar surface area (TPSA) is 24.1 Å². The van der Waals surface area contributed by atoms with E-state index in [-0.39, 0.29) is 5.54 Å². The van der Waals surface area contributed by atoms with Crippen LogP contribution < -0.4 is 10.6 Å². The van der Waals surface area contributed by atoms with E-state index in [9.17, 15) is 0 Å². The summed E-state index contributed by atoms with van der Waals surface area (Å²) in [6.45, 7) is 12.7. The summed E-state index contributed by atoms with van der Waals surface area (Å²) in [6.07, 6.45) is 1.21. The first kappa shape index (κ1) is 14.4. The fourth-order valence-corrected chi connectivity index (χ4v) is 0.666. The van der Waals surface area contributed by atoms with Crippen LogP contribution in [0.4, 0.5) is 0 Å². The highest BCUT2D eigenvalue weighted by Gasteiger charge is 2.12. The molecular formula is C10H26N2. The Morgan fingerprint density at radius 3 is 2.00 bits per heavy atom. The molecule has 0 aliphatic heterocycles. The zero-order valence-corrected chi connectivity index (χ0v) is 9.62. The SMILES string of the molecule is CC.CCCNCC(C)(C)NC. The first-order valence-electron chi connectivity index (χ1n) is 5.02. The highest BCUT2D eigenvalue weighted by Crippen LogP contribution is 1.96. The molecule has 76 valence electrons. The van der Waals surface area contributed by atoms with Crippen LogP contribution in [0, 0.1) is 0 Å². The average Bonchev–Trinajstić information content (AvgIpc) is 2.09. The number of hydrogen-bond donors (Lipinski definition) is 2. The predicted molar refractivity (Wildman–Crippen MR) is 57.6 cm³/mol. The van der Waals surface area contributed by atoms with Crippen molar-refractivity contribution in [3.05, 3.63) is 0 Å². The fraction of sp³-hybridized carbons (Fsp3) is 1.00. The monoisotopic (exact) mass is 174 g/mol. The molecule has 0 spiro atoms. The molecular weight excluding hydrogens is 148 g/mol. The molecule has 2 N–H and O–H groups in total. The lowest BCUT2D eigenvalue weighted by Crippen LogP contribution is -2.45. The van der Waals surface area contributed by atoms with Crippen molar-refractivity contribution in [2.24, 2.45) is 0 Å². The second-order valence-corrected chi connectivity index (χ2v) is 3.31. The Kier molecular flexibility index (Phi) is 10.8. The maximum absolute atomic E-state index is 3.36. The number of nitrogens with one attached hydrogen (secondary N) is 2. The van der Waals surface area contributed by atoms with Gasteiger partial charge in [-0.25, -0.2) is 0 Å². The van der Waals surface area contributed by atoms with Gasteiger partial charge in [-0.2, -0.15) is 0 Å². The maximum Gasteiger partial charge on any atom is 0.0246 e. The zero-order chi connectivity index (χ0) is 10.0. The third kappa shape index (κ3) is 9.92. The molecule has 2 heteroatoms. The minimum Gasteiger partial charge on any atom is -0.315 e. The molecule has 0 aromatic rings. The number of likely N-dealkylation sites (N-methyl/N-ethyl adjacent to an activating group) is 1. The second kappa shape index (κ2) is 9.01. The summed E-state index contributed by atoms with van der Waals surface area (Å²) in [5.74, 6) is 0. The normalized spacial score (nSPS) is 10.5. The summed E-state index contributed by atoms with van der Waals surface area (Å²) in [6, 6.07) is 0. The number of hydrogen-bond acceptors (Lipinski definition) is 2. The molecule has 0 unspecified atom stereocenters. The van der Waals surface area contributed by atoms with Crippen LogP contribution in [0.1, 0.15) is 41.0 Å². The van der Waals surface area contributed by atoms with Crippen molar-refractivity contribution in [1.29, 1.82) is 0 Å². The van der Waals surface area contributed by atoms with E-state index < -0.39 is 0 Å². The van der Waals surface area contributed by atoms with E-state index in [0.717, 1.165) is 13.1 Å². The van der Waals surface area contributed by atoms with Crippen LogP contribution in [0.15, 0.2) is 0 Å². The van der Waals surface area contributed by atoms with Gasteiger partial charge >= 0.3 is 0 Å². The predicted octanol–water partition coefficient (Wildman–Crippen LogP) is 2.01. The molecule has 12 heavy (non-hydrogen) atoms. The van der Waals surface area contributed by atoms with Gasteiger partial charge in [0, 0.05) is 12.1 Å². The summed E-state index contributed by atoms with van der Waals surface area (Å²) in [4.78, 5) is 0. The summed E-state index contributed by atoms with van der Waals surface area (Å²) < 4.78 is 0. The lowest BCUT2D eigenvalue weighted by molar-refractivity contribution is 0.394. The van der Waals surface area contributed by atoms with Crippen molar-refractivity contribution in [3.8, 4) is 0 Å². The van der Waals surface area contributed by atoms with E-state index in [1.54, 1.807) is 0 Å². The maximum atomic E-state index is 3.36. The second-order valence-electron chi connectivity index (χ2n) is 3.31. The van der Waals surface area contributed by atoms with Gasteiger partial charge in [-0.05, 0) is 33.9 Å². The van der Waals surface area contributed by atoms with Crippen molar-refractivity contribution in [2.75, 3.05) is 20.1 Å². The Balaban J connectivity index is 0. The summed E-state index contributed by atoms with van der Waals surface area (Å²) in [5, 5.41) is 6.60. The molecule has 0 heterocycles. The van der Waals surface area contributed by atoms with E-state index in [4.69, 9.17) is 0 Å². The average molecular weight is 174 g/mol. The van der Waals surface area contributed by atoms with Gasteiger partial charge in [0.05, 0.1) is 0 Å². The summed E-state index contributed by atoms with van der Waals surface area (Å²) in [7, 11) is 1.99. The van der Waals surface area contributed by atoms with Gasteiger partial charge in [-0.1, -0.05) is 20.8 Å². The van der Waals surface area contributed by atoms with Gasteiger partial charge in [0.1, 0.15) is 0 Å². The largest absolute Gasteiger partial charge is 0.315 e. The molecule has 0 radical (unpaired) electrons. The molecule has 2 nitrogen and oxygen atoms in total. The van der Waals surface area contributed by atoms with Crippen LogP contribution in [0.25, 0.3) is 0 Å². The molecule has 0 saturated heterocycles. The van der Waals surface area contributed by atoms with Crippen molar-refractivity contribution < 1.29 is 0 Å². The quantitative estimate of drug-likeness (QED) is 0.623. The summed E-state index contributed by atoms with van der Waals surface area (Å²) in [5.41, 5.74) is 0.231. The van der Waals surface area contributed by atoms with Crippen LogP contribution in [0.5, 0.6) is 0 Å². The van der Waals surface area contributed by atoms with E-state index in [2.05, 4.69) is 31.4 Å². The molecule has 0 bridgehead atoms. The molecule has 0 saturated carbocycles. The standard InChI is InChI=1S/C8H20N2.C2H6/c1-5-6-10-7-8(2,3)9-4;1-2/h9-10H,5-7H2,1-4H3;1-2H3. The third-order valence-corrected chi connectivity index (χ3v) is 1.67. The Bertz CT molecular complexity index is 79.9. The van der Waals surface area contributed by atoms with Gasteiger partial charge in [0.15, 0.2) is 0 Å². The Labute approximate surface area is 78.1 Å². The van der Waals surface area contributed by atoms with Gasteiger partial charge < -0.3 is 10.6 Å². The van der Waals surface area contributed by atoms with Crippen LogP contribution in [-0.4, -0.2) is 25.7 Å². The van der Waals surface area contributed by atoms with Crippen LogP contribution in [-0.2, 0) is 0 Å². The highest BCUT2D eigenvalue weighted by molar-refractivity contribution is 4.77. The van der Waals surface area contributed by atoms with Gasteiger partial charge in [0.2, 0.25) is 0 Å². The minimum absolute atomic E-state index is 0.231. The van der Waals surface area contributed by atoms with Gasteiger partial charge in [0.25, 0.3) is 0 Å². The molecule has 0 amide bonds. The molecule has 0 aliphatic carbocycles. The zero-order valence-electron chi connectivity index (χ0n) is 9.62. The Hall–Kier alpha value is -0.0800. The Morgan fingerprint density at radius 2 is 1.67 bits per heavy atom. The Morgan fingerprint density at radius 1 is 1.17 bits per heavy atom. The smallest absolute Gasteiger partial charge is 0.0246 e. The van der Waals surface area contributed by atoms with Crippen LogP contribution >= 0.6 is 0 Å². The van der Waals surface area contributed by atoms with Crippen LogP contribution in [0.2, 0.25) is 0 Å². The molecule has 0 aromatic carbocycles. The lowest BCUT2D eigenvalue weighted by atomic mass is 10.1. The van der Waals surface area contributed by atoms with Crippen LogP contribution in [0.3, 0.4) is 0 Å². The third-order valence-electron chi connectivity index (χ3n) is 1.67. The van der Waals surface area contributed by atoms with Crippen molar-refractivity contribution in [3.63, 3.8) is 0 Å². The molecule has 0 aliphatic rings.